The first-order valence-corrected chi connectivity index (χ1v) is 8.72. The number of nitrogens with one attached hydrogen (secondary N) is 1. The minimum atomic E-state index is -0.825. The maximum Gasteiger partial charge on any atom is 0.325 e. The minimum absolute atomic E-state index is 0.156. The number of halogens is 1. The van der Waals surface area contributed by atoms with Crippen molar-refractivity contribution in [2.24, 2.45) is 0 Å². The van der Waals surface area contributed by atoms with Crippen molar-refractivity contribution in [3.8, 4) is 0 Å². The van der Waals surface area contributed by atoms with E-state index in [4.69, 9.17) is 11.6 Å². The van der Waals surface area contributed by atoms with E-state index in [1.54, 1.807) is 56.3 Å². The number of methoxy groups -OCH3 is 1. The number of carbonyl (C=O) groups excluding carboxylic acids is 3. The third kappa shape index (κ3) is 3.40. The molecule has 6 nitrogen and oxygen atoms in total. The third-order valence-electron chi connectivity index (χ3n) is 4.63. The quantitative estimate of drug-likeness (QED) is 0.817. The van der Waals surface area contributed by atoms with Gasteiger partial charge in [-0.2, -0.15) is 0 Å². The number of hydrogen-bond acceptors (Lipinski definition) is 4. The van der Waals surface area contributed by atoms with E-state index in [1.165, 1.54) is 12.0 Å². The first-order chi connectivity index (χ1) is 12.8. The van der Waals surface area contributed by atoms with E-state index in [2.05, 4.69) is 10.1 Å². The average Bonchev–Trinajstić information content (AvgIpc) is 2.82. The van der Waals surface area contributed by atoms with Crippen molar-refractivity contribution in [3.63, 3.8) is 0 Å². The molecular formula is C20H19ClN2O4. The fraction of sp³-hybridized carbons (Fsp3) is 0.250. The summed E-state index contributed by atoms with van der Waals surface area (Å²) in [5, 5.41) is 3.16. The Balaban J connectivity index is 1.91. The standard InChI is InChI=1S/C20H19ClN2O4/c1-20(2)14-10-12(22-18(25)13-6-4-5-7-15(13)21)8-9-16(14)23(19(20)26)11-17(24)27-3/h4-10H,11H2,1-3H3,(H,22,25). The van der Waals surface area contributed by atoms with Gasteiger partial charge in [-0.05, 0) is 49.7 Å². The maximum atomic E-state index is 12.7. The highest BCUT2D eigenvalue weighted by Crippen LogP contribution is 2.42. The summed E-state index contributed by atoms with van der Waals surface area (Å²) in [7, 11) is 1.28. The summed E-state index contributed by atoms with van der Waals surface area (Å²) in [5.41, 5.74) is 1.44. The van der Waals surface area contributed by atoms with Crippen molar-refractivity contribution in [1.29, 1.82) is 0 Å². The Morgan fingerprint density at radius 1 is 1.19 bits per heavy atom. The minimum Gasteiger partial charge on any atom is -0.468 e. The van der Waals surface area contributed by atoms with Crippen LogP contribution in [0.1, 0.15) is 29.8 Å². The molecule has 0 atom stereocenters. The number of hydrogen-bond donors (Lipinski definition) is 1. The number of benzene rings is 2. The molecular weight excluding hydrogens is 368 g/mol. The van der Waals surface area contributed by atoms with Crippen molar-refractivity contribution in [1.82, 2.24) is 0 Å². The molecule has 0 aromatic heterocycles. The van der Waals surface area contributed by atoms with E-state index in [0.29, 0.717) is 22.0 Å². The van der Waals surface area contributed by atoms with Crippen LogP contribution >= 0.6 is 11.6 Å². The fourth-order valence-corrected chi connectivity index (χ4v) is 3.33. The van der Waals surface area contributed by atoms with Crippen LogP contribution in [-0.2, 0) is 19.7 Å². The molecule has 1 N–H and O–H groups in total. The zero-order valence-electron chi connectivity index (χ0n) is 15.2. The van der Waals surface area contributed by atoms with Gasteiger partial charge in [0, 0.05) is 11.4 Å². The summed E-state index contributed by atoms with van der Waals surface area (Å²) in [6.07, 6.45) is 0. The number of rotatable bonds is 4. The normalized spacial score (nSPS) is 14.7. The average molecular weight is 387 g/mol. The van der Waals surface area contributed by atoms with E-state index < -0.39 is 11.4 Å². The van der Waals surface area contributed by atoms with Crippen LogP contribution in [0, 0.1) is 0 Å². The molecule has 0 saturated carbocycles. The Bertz CT molecular complexity index is 939. The number of ether oxygens (including phenoxy) is 1. The van der Waals surface area contributed by atoms with E-state index in [-0.39, 0.29) is 18.4 Å². The van der Waals surface area contributed by atoms with Gasteiger partial charge in [-0.15, -0.1) is 0 Å². The second-order valence-electron chi connectivity index (χ2n) is 6.76. The van der Waals surface area contributed by atoms with Gasteiger partial charge in [-0.25, -0.2) is 0 Å². The third-order valence-corrected chi connectivity index (χ3v) is 4.96. The van der Waals surface area contributed by atoms with Crippen molar-refractivity contribution in [2.75, 3.05) is 23.9 Å². The van der Waals surface area contributed by atoms with Crippen LogP contribution in [0.4, 0.5) is 11.4 Å². The maximum absolute atomic E-state index is 12.7. The lowest BCUT2D eigenvalue weighted by atomic mass is 9.86. The molecule has 0 unspecified atom stereocenters. The lowest BCUT2D eigenvalue weighted by molar-refractivity contribution is -0.140. The molecule has 0 bridgehead atoms. The molecule has 1 aliphatic heterocycles. The first-order valence-electron chi connectivity index (χ1n) is 8.35. The first kappa shape index (κ1) is 18.9. The molecule has 2 aromatic rings. The molecule has 140 valence electrons. The van der Waals surface area contributed by atoms with Crippen molar-refractivity contribution in [3.05, 3.63) is 58.6 Å². The number of fused-ring (bicyclic) bond motifs is 1. The molecule has 1 aliphatic rings. The number of carbonyl (C=O) groups is 3. The zero-order chi connectivity index (χ0) is 19.8. The van der Waals surface area contributed by atoms with Gasteiger partial charge in [0.05, 0.1) is 23.1 Å². The Morgan fingerprint density at radius 2 is 1.89 bits per heavy atom. The highest BCUT2D eigenvalue weighted by molar-refractivity contribution is 6.34. The molecule has 7 heteroatoms. The largest absolute Gasteiger partial charge is 0.468 e. The molecule has 0 radical (unpaired) electrons. The Kier molecular flexibility index (Phi) is 4.93. The molecule has 0 aliphatic carbocycles. The molecule has 0 saturated heterocycles. The van der Waals surface area contributed by atoms with Gasteiger partial charge in [0.25, 0.3) is 5.91 Å². The van der Waals surface area contributed by atoms with Crippen molar-refractivity contribution in [2.45, 2.75) is 19.3 Å². The monoisotopic (exact) mass is 386 g/mol. The molecule has 2 aromatic carbocycles. The Labute approximate surface area is 162 Å². The van der Waals surface area contributed by atoms with Gasteiger partial charge in [0.1, 0.15) is 6.54 Å². The van der Waals surface area contributed by atoms with Crippen LogP contribution in [0.2, 0.25) is 5.02 Å². The van der Waals surface area contributed by atoms with E-state index in [0.717, 1.165) is 5.56 Å². The Morgan fingerprint density at radius 3 is 2.56 bits per heavy atom. The van der Waals surface area contributed by atoms with Crippen LogP contribution in [0.25, 0.3) is 0 Å². The lowest BCUT2D eigenvalue weighted by Gasteiger charge is -2.19. The van der Waals surface area contributed by atoms with Crippen LogP contribution < -0.4 is 10.2 Å². The highest BCUT2D eigenvalue weighted by Gasteiger charge is 2.44. The molecule has 0 fully saturated rings. The van der Waals surface area contributed by atoms with Gasteiger partial charge in [-0.1, -0.05) is 23.7 Å². The number of esters is 1. The second kappa shape index (κ2) is 7.04. The molecule has 1 heterocycles. The zero-order valence-corrected chi connectivity index (χ0v) is 16.0. The Hall–Kier alpha value is -2.86. The van der Waals surface area contributed by atoms with Gasteiger partial charge < -0.3 is 15.0 Å². The molecule has 3 rings (SSSR count). The smallest absolute Gasteiger partial charge is 0.325 e. The molecule has 27 heavy (non-hydrogen) atoms. The van der Waals surface area contributed by atoms with Gasteiger partial charge in [0.15, 0.2) is 0 Å². The number of nitrogens with zero attached hydrogens (tertiary/aromatic N) is 1. The van der Waals surface area contributed by atoms with Crippen LogP contribution in [0.15, 0.2) is 42.5 Å². The van der Waals surface area contributed by atoms with E-state index in [1.807, 2.05) is 0 Å². The lowest BCUT2D eigenvalue weighted by Crippen LogP contribution is -2.39. The summed E-state index contributed by atoms with van der Waals surface area (Å²) in [6.45, 7) is 3.41. The predicted octanol–water partition coefficient (Wildman–Crippen LogP) is 3.39. The van der Waals surface area contributed by atoms with Crippen molar-refractivity contribution >= 4 is 40.8 Å². The second-order valence-corrected chi connectivity index (χ2v) is 7.17. The van der Waals surface area contributed by atoms with Gasteiger partial charge in [-0.3, -0.25) is 14.4 Å². The van der Waals surface area contributed by atoms with E-state index in [9.17, 15) is 14.4 Å². The molecule has 2 amide bonds. The number of anilines is 2. The summed E-state index contributed by atoms with van der Waals surface area (Å²) >= 11 is 6.07. The number of amides is 2. The summed E-state index contributed by atoms with van der Waals surface area (Å²) in [4.78, 5) is 38.3. The van der Waals surface area contributed by atoms with Crippen LogP contribution in [0.5, 0.6) is 0 Å². The van der Waals surface area contributed by atoms with Crippen LogP contribution in [-0.4, -0.2) is 31.4 Å². The topological polar surface area (TPSA) is 75.7 Å². The fourth-order valence-electron chi connectivity index (χ4n) is 3.11. The molecule has 0 spiro atoms. The van der Waals surface area contributed by atoms with Crippen molar-refractivity contribution < 1.29 is 19.1 Å². The summed E-state index contributed by atoms with van der Waals surface area (Å²) in [5.74, 6) is -1.03. The van der Waals surface area contributed by atoms with Crippen LogP contribution in [0.3, 0.4) is 0 Å². The SMILES string of the molecule is COC(=O)CN1C(=O)C(C)(C)c2cc(NC(=O)c3ccccc3Cl)ccc21. The highest BCUT2D eigenvalue weighted by atomic mass is 35.5. The van der Waals surface area contributed by atoms with Gasteiger partial charge in [0.2, 0.25) is 5.91 Å². The van der Waals surface area contributed by atoms with Gasteiger partial charge >= 0.3 is 5.97 Å². The summed E-state index contributed by atoms with van der Waals surface area (Å²) < 4.78 is 4.68. The summed E-state index contributed by atoms with van der Waals surface area (Å²) in [6, 6.07) is 11.9. The van der Waals surface area contributed by atoms with E-state index >= 15 is 0 Å². The predicted molar refractivity (Wildman–Crippen MR) is 103 cm³/mol.